The average Bonchev–Trinajstić information content (AvgIpc) is 3.10. The summed E-state index contributed by atoms with van der Waals surface area (Å²) >= 11 is 0. The van der Waals surface area contributed by atoms with E-state index in [1.165, 1.54) is 12.1 Å². The third kappa shape index (κ3) is 2.44. The lowest BCUT2D eigenvalue weighted by Gasteiger charge is -1.97. The maximum absolute atomic E-state index is 11.3. The minimum absolute atomic E-state index is 0.0213. The number of aromatic amines is 1. The smallest absolute Gasteiger partial charge is 0.384 e. The fraction of sp³-hybridized carbons (Fsp3) is 0.333. The number of aromatic nitrogens is 2. The molecule has 1 aliphatic carbocycles. The third-order valence-corrected chi connectivity index (χ3v) is 2.12. The molecule has 1 aliphatic rings. The number of nitrogens with two attached hydrogens (primary N) is 1. The van der Waals surface area contributed by atoms with Crippen LogP contribution >= 0.6 is 0 Å². The number of nitrogens with zero attached hydrogens (tertiary/aromatic N) is 2. The van der Waals surface area contributed by atoms with Crippen molar-refractivity contribution >= 4 is 11.8 Å². The Hall–Kier alpha value is -2.18. The van der Waals surface area contributed by atoms with E-state index in [1.54, 1.807) is 0 Å². The number of oxime groups is 1. The predicted octanol–water partition coefficient (Wildman–Crippen LogP) is -0.391. The molecule has 0 aromatic carbocycles. The zero-order valence-corrected chi connectivity index (χ0v) is 8.34. The van der Waals surface area contributed by atoms with Crippen LogP contribution in [0.25, 0.3) is 0 Å². The molecule has 0 amide bonds. The first-order valence-electron chi connectivity index (χ1n) is 4.77. The van der Waals surface area contributed by atoms with Crippen molar-refractivity contribution in [3.05, 3.63) is 28.2 Å². The number of carbonyl (C=O) groups is 1. The highest BCUT2D eigenvalue weighted by atomic mass is 16.7. The molecule has 1 aromatic heterocycles. The molecule has 3 N–H and O–H groups in total. The van der Waals surface area contributed by atoms with E-state index in [1.807, 2.05) is 0 Å². The molecular formula is C9H10N4O3. The molecule has 0 spiro atoms. The van der Waals surface area contributed by atoms with Gasteiger partial charge < -0.3 is 10.6 Å². The maximum Gasteiger partial charge on any atom is 0.385 e. The van der Waals surface area contributed by atoms with Gasteiger partial charge in [0.05, 0.1) is 0 Å². The molecule has 2 rings (SSSR count). The van der Waals surface area contributed by atoms with E-state index in [9.17, 15) is 9.59 Å². The van der Waals surface area contributed by atoms with E-state index < -0.39 is 11.5 Å². The topological polar surface area (TPSA) is 110 Å². The highest BCUT2D eigenvalue weighted by Gasteiger charge is 2.26. The Morgan fingerprint density at radius 2 is 2.31 bits per heavy atom. The van der Waals surface area contributed by atoms with Gasteiger partial charge in [-0.25, -0.2) is 9.89 Å². The van der Waals surface area contributed by atoms with E-state index in [2.05, 4.69) is 20.2 Å². The Morgan fingerprint density at radius 1 is 1.56 bits per heavy atom. The van der Waals surface area contributed by atoms with Crippen LogP contribution in [0.2, 0.25) is 0 Å². The zero-order valence-electron chi connectivity index (χ0n) is 8.34. The SMILES string of the molecule is NC(=NOC(=O)c1ccc(=O)[nH]n1)C1CC1. The fourth-order valence-electron chi connectivity index (χ4n) is 1.05. The Kier molecular flexibility index (Phi) is 2.67. The van der Waals surface area contributed by atoms with Crippen molar-refractivity contribution in [3.8, 4) is 0 Å². The summed E-state index contributed by atoms with van der Waals surface area (Å²) in [6.45, 7) is 0. The number of hydrogen-bond donors (Lipinski definition) is 2. The Bertz CT molecular complexity index is 469. The molecular weight excluding hydrogens is 212 g/mol. The van der Waals surface area contributed by atoms with E-state index in [4.69, 9.17) is 5.73 Å². The number of hydrogen-bond acceptors (Lipinski definition) is 5. The Morgan fingerprint density at radius 3 is 2.88 bits per heavy atom. The highest BCUT2D eigenvalue weighted by molar-refractivity contribution is 5.89. The fourth-order valence-corrected chi connectivity index (χ4v) is 1.05. The first-order chi connectivity index (χ1) is 7.66. The second kappa shape index (κ2) is 4.13. The minimum Gasteiger partial charge on any atom is -0.384 e. The van der Waals surface area contributed by atoms with Crippen molar-refractivity contribution in [2.75, 3.05) is 0 Å². The molecule has 16 heavy (non-hydrogen) atoms. The van der Waals surface area contributed by atoms with Crippen molar-refractivity contribution in [1.82, 2.24) is 10.2 Å². The third-order valence-electron chi connectivity index (χ3n) is 2.12. The van der Waals surface area contributed by atoms with Crippen LogP contribution in [0.4, 0.5) is 0 Å². The first kappa shape index (κ1) is 10.3. The van der Waals surface area contributed by atoms with Crippen molar-refractivity contribution in [2.45, 2.75) is 12.8 Å². The lowest BCUT2D eigenvalue weighted by Crippen LogP contribution is -2.17. The van der Waals surface area contributed by atoms with Crippen LogP contribution in [-0.4, -0.2) is 22.0 Å². The van der Waals surface area contributed by atoms with E-state index in [-0.39, 0.29) is 11.6 Å². The highest BCUT2D eigenvalue weighted by Crippen LogP contribution is 2.28. The summed E-state index contributed by atoms with van der Waals surface area (Å²) in [5, 5.41) is 9.11. The largest absolute Gasteiger partial charge is 0.385 e. The van der Waals surface area contributed by atoms with Crippen LogP contribution in [0.15, 0.2) is 22.1 Å². The lowest BCUT2D eigenvalue weighted by atomic mass is 10.4. The van der Waals surface area contributed by atoms with Gasteiger partial charge in [-0.3, -0.25) is 4.79 Å². The molecule has 7 nitrogen and oxygen atoms in total. The zero-order chi connectivity index (χ0) is 11.5. The van der Waals surface area contributed by atoms with Gasteiger partial charge in [0.25, 0.3) is 5.56 Å². The van der Waals surface area contributed by atoms with Crippen molar-refractivity contribution in [3.63, 3.8) is 0 Å². The monoisotopic (exact) mass is 222 g/mol. The predicted molar refractivity (Wildman–Crippen MR) is 54.6 cm³/mol. The van der Waals surface area contributed by atoms with Crippen LogP contribution in [0.5, 0.6) is 0 Å². The number of rotatable bonds is 3. The van der Waals surface area contributed by atoms with Gasteiger partial charge in [0.15, 0.2) is 5.69 Å². The van der Waals surface area contributed by atoms with Crippen LogP contribution in [0, 0.1) is 5.92 Å². The molecule has 0 aliphatic heterocycles. The van der Waals surface area contributed by atoms with Gasteiger partial charge in [-0.1, -0.05) is 5.16 Å². The van der Waals surface area contributed by atoms with Crippen molar-refractivity contribution in [1.29, 1.82) is 0 Å². The average molecular weight is 222 g/mol. The molecule has 0 radical (unpaired) electrons. The van der Waals surface area contributed by atoms with Crippen molar-refractivity contribution in [2.24, 2.45) is 16.8 Å². The maximum atomic E-state index is 11.3. The Labute approximate surface area is 90.3 Å². The van der Waals surface area contributed by atoms with Crippen LogP contribution < -0.4 is 11.3 Å². The molecule has 1 aromatic rings. The van der Waals surface area contributed by atoms with E-state index in [0.717, 1.165) is 12.8 Å². The van der Waals surface area contributed by atoms with Gasteiger partial charge in [0.2, 0.25) is 0 Å². The molecule has 0 bridgehead atoms. The molecule has 1 saturated carbocycles. The molecule has 0 saturated heterocycles. The van der Waals surface area contributed by atoms with Crippen LogP contribution in [0.1, 0.15) is 23.3 Å². The summed E-state index contributed by atoms with van der Waals surface area (Å²) in [6.07, 6.45) is 1.95. The number of H-pyrrole nitrogens is 1. The summed E-state index contributed by atoms with van der Waals surface area (Å²) in [5.41, 5.74) is 5.11. The van der Waals surface area contributed by atoms with Gasteiger partial charge in [0.1, 0.15) is 5.84 Å². The summed E-state index contributed by atoms with van der Waals surface area (Å²) in [6, 6.07) is 2.43. The van der Waals surface area contributed by atoms with Gasteiger partial charge >= 0.3 is 5.97 Å². The minimum atomic E-state index is -0.750. The van der Waals surface area contributed by atoms with E-state index in [0.29, 0.717) is 5.84 Å². The quantitative estimate of drug-likeness (QED) is 0.313. The summed E-state index contributed by atoms with van der Waals surface area (Å²) in [7, 11) is 0. The molecule has 1 fully saturated rings. The van der Waals surface area contributed by atoms with Gasteiger partial charge in [0, 0.05) is 12.0 Å². The summed E-state index contributed by atoms with van der Waals surface area (Å²) in [5.74, 6) is -0.200. The Balaban J connectivity index is 1.99. The van der Waals surface area contributed by atoms with Gasteiger partial charge in [-0.2, -0.15) is 5.10 Å². The summed E-state index contributed by atoms with van der Waals surface area (Å²) < 4.78 is 0. The van der Waals surface area contributed by atoms with E-state index >= 15 is 0 Å². The van der Waals surface area contributed by atoms with Gasteiger partial charge in [-0.15, -0.1) is 0 Å². The van der Waals surface area contributed by atoms with Crippen LogP contribution in [0.3, 0.4) is 0 Å². The van der Waals surface area contributed by atoms with Gasteiger partial charge in [-0.05, 0) is 18.9 Å². The lowest BCUT2D eigenvalue weighted by molar-refractivity contribution is 0.0506. The molecule has 84 valence electrons. The molecule has 1 heterocycles. The van der Waals surface area contributed by atoms with Crippen LogP contribution in [-0.2, 0) is 4.84 Å². The molecule has 7 heteroatoms. The number of amidine groups is 1. The number of nitrogens with one attached hydrogen (secondary N) is 1. The molecule has 0 unspecified atom stereocenters. The normalized spacial score (nSPS) is 15.9. The standard InChI is InChI=1S/C9H10N4O3/c10-8(5-1-2-5)13-16-9(15)6-3-4-7(14)12-11-6/h3-5H,1-2H2,(H2,10,13)(H,12,14). The number of carbonyl (C=O) groups excluding carboxylic acids is 1. The first-order valence-corrected chi connectivity index (χ1v) is 4.77. The summed E-state index contributed by atoms with van der Waals surface area (Å²) in [4.78, 5) is 26.6. The molecule has 0 atom stereocenters. The van der Waals surface area contributed by atoms with Crippen molar-refractivity contribution < 1.29 is 9.63 Å². The second-order valence-electron chi connectivity index (χ2n) is 3.48. The second-order valence-corrected chi connectivity index (χ2v) is 3.48.